The number of methoxy groups -OCH3 is 1. The van der Waals surface area contributed by atoms with Gasteiger partial charge >= 0.3 is 5.97 Å². The van der Waals surface area contributed by atoms with Crippen molar-refractivity contribution < 1.29 is 9.53 Å². The Kier molecular flexibility index (Phi) is 4.45. The fourth-order valence-corrected chi connectivity index (χ4v) is 2.16. The summed E-state index contributed by atoms with van der Waals surface area (Å²) < 4.78 is 7.31. The maximum atomic E-state index is 12.0. The van der Waals surface area contributed by atoms with Crippen LogP contribution in [0.15, 0.2) is 27.4 Å². The summed E-state index contributed by atoms with van der Waals surface area (Å²) in [6.45, 7) is 2.28. The molecule has 0 aliphatic heterocycles. The molecule has 0 atom stereocenters. The quantitative estimate of drug-likeness (QED) is 0.685. The first kappa shape index (κ1) is 14.2. The Morgan fingerprint density at radius 3 is 3.00 bits per heavy atom. The first-order chi connectivity index (χ1) is 9.65. The molecule has 9 nitrogen and oxygen atoms in total. The second-order valence-corrected chi connectivity index (χ2v) is 4.58. The fourth-order valence-electron chi connectivity index (χ4n) is 1.39. The summed E-state index contributed by atoms with van der Waals surface area (Å²) >= 11 is 1.00. The van der Waals surface area contributed by atoms with Crippen LogP contribution in [0.1, 0.15) is 6.92 Å². The molecule has 2 heterocycles. The number of carbonyl (C=O) groups is 1. The molecule has 106 valence electrons. The predicted molar refractivity (Wildman–Crippen MR) is 68.1 cm³/mol. The molecule has 0 aromatic carbocycles. The smallest absolute Gasteiger partial charge is 0.327 e. The molecule has 2 rings (SSSR count). The van der Waals surface area contributed by atoms with E-state index in [0.29, 0.717) is 11.7 Å². The molecular weight excluding hydrogens is 284 g/mol. The van der Waals surface area contributed by atoms with Crippen molar-refractivity contribution in [3.8, 4) is 0 Å². The number of carbonyl (C=O) groups excluding carboxylic acids is 1. The number of rotatable bonds is 5. The Bertz CT molecular complexity index is 667. The molecule has 20 heavy (non-hydrogen) atoms. The van der Waals surface area contributed by atoms with Crippen LogP contribution in [0, 0.1) is 0 Å². The van der Waals surface area contributed by atoms with Crippen molar-refractivity contribution in [2.45, 2.75) is 30.2 Å². The van der Waals surface area contributed by atoms with Crippen LogP contribution in [0.5, 0.6) is 0 Å². The van der Waals surface area contributed by atoms with E-state index >= 15 is 0 Å². The van der Waals surface area contributed by atoms with Crippen LogP contribution in [0.4, 0.5) is 0 Å². The fraction of sp³-hybridized carbons (Fsp3) is 0.400. The predicted octanol–water partition coefficient (Wildman–Crippen LogP) is -0.426. The van der Waals surface area contributed by atoms with Crippen LogP contribution in [0.2, 0.25) is 0 Å². The molecular formula is C10H12N6O3S. The van der Waals surface area contributed by atoms with Crippen molar-refractivity contribution in [2.24, 2.45) is 0 Å². The van der Waals surface area contributed by atoms with Crippen molar-refractivity contribution in [1.82, 2.24) is 29.8 Å². The molecule has 0 radical (unpaired) electrons. The molecule has 0 fully saturated rings. The number of aromatic nitrogens is 6. The molecule has 2 aromatic rings. The minimum Gasteiger partial charge on any atom is -0.468 e. The van der Waals surface area contributed by atoms with Gasteiger partial charge in [0, 0.05) is 18.9 Å². The average molecular weight is 296 g/mol. The Morgan fingerprint density at radius 1 is 1.50 bits per heavy atom. The Hall–Kier alpha value is -2.23. The summed E-state index contributed by atoms with van der Waals surface area (Å²) in [5.41, 5.74) is -0.229. The maximum absolute atomic E-state index is 12.0. The van der Waals surface area contributed by atoms with Crippen molar-refractivity contribution >= 4 is 17.7 Å². The third-order valence-electron chi connectivity index (χ3n) is 2.42. The molecule has 0 aliphatic carbocycles. The van der Waals surface area contributed by atoms with E-state index in [1.165, 1.54) is 22.6 Å². The van der Waals surface area contributed by atoms with Gasteiger partial charge in [-0.1, -0.05) is 0 Å². The average Bonchev–Trinajstić information content (AvgIpc) is 2.88. The summed E-state index contributed by atoms with van der Waals surface area (Å²) in [6.07, 6.45) is 3.13. The monoisotopic (exact) mass is 296 g/mol. The highest BCUT2D eigenvalue weighted by Gasteiger charge is 2.15. The molecule has 0 N–H and O–H groups in total. The number of hydrogen-bond donors (Lipinski definition) is 0. The van der Waals surface area contributed by atoms with Crippen LogP contribution in [0.25, 0.3) is 0 Å². The second kappa shape index (κ2) is 6.28. The molecule has 0 unspecified atom stereocenters. The minimum atomic E-state index is -0.480. The van der Waals surface area contributed by atoms with E-state index in [1.807, 2.05) is 6.92 Å². The molecule has 0 bridgehead atoms. The molecule has 0 saturated heterocycles. The number of aryl methyl sites for hydroxylation is 1. The van der Waals surface area contributed by atoms with Crippen LogP contribution < -0.4 is 5.56 Å². The molecule has 0 amide bonds. The van der Waals surface area contributed by atoms with Gasteiger partial charge in [0.1, 0.15) is 6.54 Å². The zero-order valence-electron chi connectivity index (χ0n) is 10.9. The SMILES string of the molecule is CCn1ccnc(Sc2nnnn2CC(=O)OC)c1=O. The molecule has 0 saturated carbocycles. The van der Waals surface area contributed by atoms with Crippen LogP contribution in [0.3, 0.4) is 0 Å². The van der Waals surface area contributed by atoms with E-state index in [1.54, 1.807) is 6.20 Å². The van der Waals surface area contributed by atoms with E-state index in [0.717, 1.165) is 11.8 Å². The molecule has 0 spiro atoms. The van der Waals surface area contributed by atoms with E-state index in [4.69, 9.17) is 0 Å². The standard InChI is InChI=1S/C10H12N6O3S/c1-3-15-5-4-11-8(9(15)18)20-10-12-13-14-16(10)6-7(17)19-2/h4-5H,3,6H2,1-2H3. The summed E-state index contributed by atoms with van der Waals surface area (Å²) in [5.74, 6) is -0.480. The van der Waals surface area contributed by atoms with Gasteiger partial charge in [-0.15, -0.1) is 5.10 Å². The summed E-state index contributed by atoms with van der Waals surface area (Å²) in [5, 5.41) is 11.5. The van der Waals surface area contributed by atoms with Crippen molar-refractivity contribution in [3.63, 3.8) is 0 Å². The summed E-state index contributed by atoms with van der Waals surface area (Å²) in [4.78, 5) is 27.3. The Labute approximate surface area is 118 Å². The van der Waals surface area contributed by atoms with Gasteiger partial charge in [-0.25, -0.2) is 9.67 Å². The van der Waals surface area contributed by atoms with Gasteiger partial charge in [-0.05, 0) is 29.1 Å². The van der Waals surface area contributed by atoms with Gasteiger partial charge in [0.05, 0.1) is 7.11 Å². The highest BCUT2D eigenvalue weighted by molar-refractivity contribution is 7.99. The zero-order valence-corrected chi connectivity index (χ0v) is 11.7. The van der Waals surface area contributed by atoms with E-state index < -0.39 is 5.97 Å². The highest BCUT2D eigenvalue weighted by Crippen LogP contribution is 2.19. The third kappa shape index (κ3) is 3.02. The lowest BCUT2D eigenvalue weighted by Gasteiger charge is -2.04. The van der Waals surface area contributed by atoms with Crippen LogP contribution >= 0.6 is 11.8 Å². The van der Waals surface area contributed by atoms with Crippen molar-refractivity contribution in [2.75, 3.05) is 7.11 Å². The molecule has 10 heteroatoms. The Morgan fingerprint density at radius 2 is 2.30 bits per heavy atom. The second-order valence-electron chi connectivity index (χ2n) is 3.62. The van der Waals surface area contributed by atoms with Crippen LogP contribution in [-0.2, 0) is 22.6 Å². The number of hydrogen-bond acceptors (Lipinski definition) is 8. The van der Waals surface area contributed by atoms with Gasteiger partial charge in [-0.2, -0.15) is 0 Å². The highest BCUT2D eigenvalue weighted by atomic mass is 32.2. The number of nitrogens with zero attached hydrogens (tertiary/aromatic N) is 6. The lowest BCUT2D eigenvalue weighted by Crippen LogP contribution is -2.21. The van der Waals surface area contributed by atoms with Gasteiger partial charge in [0.15, 0.2) is 5.03 Å². The van der Waals surface area contributed by atoms with E-state index in [-0.39, 0.29) is 17.1 Å². The first-order valence-electron chi connectivity index (χ1n) is 5.72. The minimum absolute atomic E-state index is 0.124. The number of esters is 1. The normalized spacial score (nSPS) is 10.5. The Balaban J connectivity index is 2.25. The topological polar surface area (TPSA) is 105 Å². The number of tetrazole rings is 1. The van der Waals surface area contributed by atoms with Gasteiger partial charge in [0.2, 0.25) is 5.16 Å². The lowest BCUT2D eigenvalue weighted by atomic mass is 10.6. The van der Waals surface area contributed by atoms with Gasteiger partial charge in [-0.3, -0.25) is 9.59 Å². The molecule has 0 aliphatic rings. The number of ether oxygens (including phenoxy) is 1. The summed E-state index contributed by atoms with van der Waals surface area (Å²) in [6, 6.07) is 0. The summed E-state index contributed by atoms with van der Waals surface area (Å²) in [7, 11) is 1.28. The van der Waals surface area contributed by atoms with Gasteiger partial charge < -0.3 is 9.30 Å². The van der Waals surface area contributed by atoms with Crippen molar-refractivity contribution in [1.29, 1.82) is 0 Å². The first-order valence-corrected chi connectivity index (χ1v) is 6.53. The zero-order chi connectivity index (χ0) is 14.5. The third-order valence-corrected chi connectivity index (χ3v) is 3.36. The van der Waals surface area contributed by atoms with Gasteiger partial charge in [0.25, 0.3) is 5.56 Å². The largest absolute Gasteiger partial charge is 0.468 e. The van der Waals surface area contributed by atoms with Crippen LogP contribution in [-0.4, -0.2) is 42.8 Å². The van der Waals surface area contributed by atoms with E-state index in [9.17, 15) is 9.59 Å². The van der Waals surface area contributed by atoms with Crippen molar-refractivity contribution in [3.05, 3.63) is 22.7 Å². The maximum Gasteiger partial charge on any atom is 0.327 e. The molecule has 2 aromatic heterocycles. The van der Waals surface area contributed by atoms with E-state index in [2.05, 4.69) is 25.2 Å². The lowest BCUT2D eigenvalue weighted by molar-refractivity contribution is -0.141.